The van der Waals surface area contributed by atoms with E-state index in [4.69, 9.17) is 24.2 Å². The first-order valence-electron chi connectivity index (χ1n) is 14.8. The molecule has 10 heteroatoms. The minimum atomic E-state index is -0.866. The van der Waals surface area contributed by atoms with Crippen molar-refractivity contribution in [1.82, 2.24) is 20.2 Å². The molecule has 1 saturated heterocycles. The van der Waals surface area contributed by atoms with Gasteiger partial charge in [0.2, 0.25) is 17.7 Å². The van der Waals surface area contributed by atoms with Crippen LogP contribution in [0.3, 0.4) is 0 Å². The molecule has 2 bridgehead atoms. The zero-order valence-electron chi connectivity index (χ0n) is 25.1. The van der Waals surface area contributed by atoms with E-state index in [9.17, 15) is 14.4 Å². The number of esters is 1. The molecule has 1 N–H and O–H groups in total. The molecule has 0 radical (unpaired) electrons. The molecule has 10 nitrogen and oxygen atoms in total. The molecule has 2 amide bonds. The Balaban J connectivity index is 1.51. The Kier molecular flexibility index (Phi) is 8.58. The number of methoxy groups -OCH3 is 2. The summed E-state index contributed by atoms with van der Waals surface area (Å²) in [5.41, 5.74) is 1.07. The van der Waals surface area contributed by atoms with Crippen LogP contribution in [0.1, 0.15) is 71.4 Å². The minimum Gasteiger partial charge on any atom is -0.497 e. The third-order valence-corrected chi connectivity index (χ3v) is 8.45. The Bertz CT molecular complexity index is 1420. The summed E-state index contributed by atoms with van der Waals surface area (Å²) in [6, 6.07) is 3.74. The molecule has 2 aliphatic heterocycles. The van der Waals surface area contributed by atoms with E-state index >= 15 is 0 Å². The Labute approximate surface area is 246 Å². The van der Waals surface area contributed by atoms with Crippen molar-refractivity contribution >= 4 is 28.8 Å². The number of rotatable bonds is 2. The average Bonchev–Trinajstić information content (AvgIpc) is 3.58. The lowest BCUT2D eigenvalue weighted by Crippen LogP contribution is -2.57. The van der Waals surface area contributed by atoms with Gasteiger partial charge in [0, 0.05) is 25.3 Å². The van der Waals surface area contributed by atoms with Gasteiger partial charge in [-0.15, -0.1) is 0 Å². The van der Waals surface area contributed by atoms with Gasteiger partial charge in [-0.25, -0.2) is 14.8 Å². The van der Waals surface area contributed by atoms with E-state index in [1.807, 2.05) is 32.9 Å². The standard InChI is InChI=1S/C32H40N4O6/c1-32(2,3)28-30(38)36-18-22(17-26(36)31(39)41-5)42-29-24(33-23-13-12-21(40-4)16-25(23)34-29)10-8-6-7-9-19-15-20(19)11-14-27(37)35-28/h12-13,16,19-20,22,26,28H,6-7,9,11,14-15,17-18H2,1-5H3,(H,35,37)/t19-,20-,22?,26+,28-/m1/s1. The third-order valence-electron chi connectivity index (χ3n) is 8.45. The zero-order chi connectivity index (χ0) is 30.0. The molecule has 1 unspecified atom stereocenters. The van der Waals surface area contributed by atoms with Crippen LogP contribution in [0.25, 0.3) is 11.0 Å². The second kappa shape index (κ2) is 12.2. The van der Waals surface area contributed by atoms with Gasteiger partial charge in [-0.2, -0.15) is 0 Å². The van der Waals surface area contributed by atoms with Crippen LogP contribution in [0.4, 0.5) is 0 Å². The molecular formula is C32H40N4O6. The molecule has 1 aliphatic carbocycles. The number of carbonyl (C=O) groups is 3. The van der Waals surface area contributed by atoms with Gasteiger partial charge in [-0.1, -0.05) is 26.7 Å². The molecule has 1 saturated carbocycles. The van der Waals surface area contributed by atoms with Crippen molar-refractivity contribution in [3.63, 3.8) is 0 Å². The number of ether oxygens (including phenoxy) is 3. The van der Waals surface area contributed by atoms with E-state index in [-0.39, 0.29) is 30.7 Å². The number of nitrogens with zero attached hydrogens (tertiary/aromatic N) is 3. The number of hydrogen-bond donors (Lipinski definition) is 1. The number of aromatic nitrogens is 2. The third kappa shape index (κ3) is 6.61. The summed E-state index contributed by atoms with van der Waals surface area (Å²) in [5, 5.41) is 2.99. The number of carbonyl (C=O) groups excluding carboxylic acids is 3. The van der Waals surface area contributed by atoms with Crippen molar-refractivity contribution in [2.75, 3.05) is 20.8 Å². The van der Waals surface area contributed by atoms with E-state index in [2.05, 4.69) is 17.2 Å². The Morgan fingerprint density at radius 2 is 1.88 bits per heavy atom. The zero-order valence-corrected chi connectivity index (χ0v) is 25.1. The van der Waals surface area contributed by atoms with E-state index in [0.717, 1.165) is 32.1 Å². The maximum absolute atomic E-state index is 14.0. The second-order valence-electron chi connectivity index (χ2n) is 12.6. The molecule has 2 fully saturated rings. The van der Waals surface area contributed by atoms with Crippen LogP contribution < -0.4 is 14.8 Å². The monoisotopic (exact) mass is 576 g/mol. The first kappa shape index (κ1) is 29.6. The van der Waals surface area contributed by atoms with Crippen molar-refractivity contribution in [2.45, 2.75) is 83.9 Å². The summed E-state index contributed by atoms with van der Waals surface area (Å²) in [7, 11) is 2.88. The van der Waals surface area contributed by atoms with Gasteiger partial charge < -0.3 is 24.4 Å². The van der Waals surface area contributed by atoms with Crippen LogP contribution in [-0.2, 0) is 19.1 Å². The lowest BCUT2D eigenvalue weighted by Gasteiger charge is -2.35. The highest BCUT2D eigenvalue weighted by Gasteiger charge is 2.46. The maximum Gasteiger partial charge on any atom is 0.328 e. The lowest BCUT2D eigenvalue weighted by atomic mass is 9.85. The van der Waals surface area contributed by atoms with Gasteiger partial charge >= 0.3 is 5.97 Å². The van der Waals surface area contributed by atoms with Gasteiger partial charge in [-0.05, 0) is 61.0 Å². The van der Waals surface area contributed by atoms with Crippen molar-refractivity contribution in [3.05, 3.63) is 23.9 Å². The molecule has 1 aromatic heterocycles. The number of benzene rings is 1. The molecule has 1 aromatic carbocycles. The van der Waals surface area contributed by atoms with Crippen molar-refractivity contribution < 1.29 is 28.6 Å². The lowest BCUT2D eigenvalue weighted by molar-refractivity contribution is -0.153. The molecule has 3 heterocycles. The van der Waals surface area contributed by atoms with Crippen LogP contribution in [0, 0.1) is 29.1 Å². The molecular weight excluding hydrogens is 536 g/mol. The highest BCUT2D eigenvalue weighted by Crippen LogP contribution is 2.45. The molecule has 5 rings (SSSR count). The fraction of sp³-hybridized carbons (Fsp3) is 0.594. The Hall–Kier alpha value is -3.87. The summed E-state index contributed by atoms with van der Waals surface area (Å²) in [5.74, 6) is 7.40. The molecule has 42 heavy (non-hydrogen) atoms. The summed E-state index contributed by atoms with van der Waals surface area (Å²) in [4.78, 5) is 50.8. The predicted molar refractivity (Wildman–Crippen MR) is 156 cm³/mol. The molecule has 224 valence electrons. The fourth-order valence-electron chi connectivity index (χ4n) is 5.93. The summed E-state index contributed by atoms with van der Waals surface area (Å²) >= 11 is 0. The van der Waals surface area contributed by atoms with Crippen LogP contribution in [0.15, 0.2) is 18.2 Å². The molecule has 0 spiro atoms. The minimum absolute atomic E-state index is 0.121. The van der Waals surface area contributed by atoms with Crippen LogP contribution >= 0.6 is 0 Å². The Morgan fingerprint density at radius 1 is 1.10 bits per heavy atom. The molecule has 3 aliphatic rings. The maximum atomic E-state index is 14.0. The number of amides is 2. The fourth-order valence-corrected chi connectivity index (χ4v) is 5.93. The summed E-state index contributed by atoms with van der Waals surface area (Å²) < 4.78 is 16.8. The number of hydrogen-bond acceptors (Lipinski definition) is 8. The van der Waals surface area contributed by atoms with Crippen molar-refractivity contribution in [2.24, 2.45) is 17.3 Å². The average molecular weight is 577 g/mol. The normalized spacial score (nSPS) is 26.7. The number of fused-ring (bicyclic) bond motifs is 5. The van der Waals surface area contributed by atoms with Gasteiger partial charge in [0.05, 0.1) is 31.8 Å². The van der Waals surface area contributed by atoms with Crippen LogP contribution in [-0.4, -0.2) is 71.6 Å². The van der Waals surface area contributed by atoms with Gasteiger partial charge in [0.15, 0.2) is 5.69 Å². The molecule has 2 aromatic rings. The Morgan fingerprint density at radius 3 is 2.62 bits per heavy atom. The van der Waals surface area contributed by atoms with Crippen LogP contribution in [0.5, 0.6) is 11.6 Å². The first-order valence-corrected chi connectivity index (χ1v) is 14.8. The van der Waals surface area contributed by atoms with Crippen LogP contribution in [0.2, 0.25) is 0 Å². The SMILES string of the molecule is COC(=O)[C@@H]1CC2CN1C(=O)[C@H](C(C)(C)C)NC(=O)CC[C@@H]1C[C@H]1CCCC#Cc1nc3ccc(OC)cc3nc1O2. The van der Waals surface area contributed by atoms with E-state index in [0.29, 0.717) is 40.7 Å². The van der Waals surface area contributed by atoms with E-state index in [1.165, 1.54) is 12.0 Å². The second-order valence-corrected chi connectivity index (χ2v) is 12.6. The van der Waals surface area contributed by atoms with E-state index < -0.39 is 29.6 Å². The summed E-state index contributed by atoms with van der Waals surface area (Å²) in [6.07, 6.45) is 4.69. The van der Waals surface area contributed by atoms with Crippen molar-refractivity contribution in [3.8, 4) is 23.5 Å². The smallest absolute Gasteiger partial charge is 0.328 e. The first-order chi connectivity index (χ1) is 20.1. The van der Waals surface area contributed by atoms with Crippen molar-refractivity contribution in [1.29, 1.82) is 0 Å². The highest BCUT2D eigenvalue weighted by atomic mass is 16.5. The summed E-state index contributed by atoms with van der Waals surface area (Å²) in [6.45, 7) is 5.84. The topological polar surface area (TPSA) is 120 Å². The van der Waals surface area contributed by atoms with Gasteiger partial charge in [0.25, 0.3) is 0 Å². The van der Waals surface area contributed by atoms with E-state index in [1.54, 1.807) is 13.2 Å². The quantitative estimate of drug-likeness (QED) is 0.425. The largest absolute Gasteiger partial charge is 0.497 e. The number of nitrogens with one attached hydrogen (secondary N) is 1. The molecule has 5 atom stereocenters. The van der Waals surface area contributed by atoms with Gasteiger partial charge in [0.1, 0.15) is 23.9 Å². The van der Waals surface area contributed by atoms with Gasteiger partial charge in [-0.3, -0.25) is 9.59 Å². The highest BCUT2D eigenvalue weighted by molar-refractivity contribution is 5.92. The predicted octanol–water partition coefficient (Wildman–Crippen LogP) is 3.64.